The van der Waals surface area contributed by atoms with E-state index in [2.05, 4.69) is 65.1 Å². The number of hydrogen-bond donors (Lipinski definition) is 1. The first kappa shape index (κ1) is 14.0. The van der Waals surface area contributed by atoms with Crippen molar-refractivity contribution in [2.24, 2.45) is 0 Å². The molecule has 0 amide bonds. The van der Waals surface area contributed by atoms with Gasteiger partial charge >= 0.3 is 0 Å². The maximum Gasteiger partial charge on any atom is 0.196 e. The first-order valence-corrected chi connectivity index (χ1v) is 7.84. The van der Waals surface area contributed by atoms with E-state index in [1.165, 1.54) is 2.88 Å². The summed E-state index contributed by atoms with van der Waals surface area (Å²) < 4.78 is 7.01. The molecule has 0 aliphatic heterocycles. The molecule has 2 aromatic heterocycles. The van der Waals surface area contributed by atoms with Crippen LogP contribution in [0.15, 0.2) is 22.1 Å². The molecule has 5 heteroatoms. The Kier molecular flexibility index (Phi) is 4.45. The van der Waals surface area contributed by atoms with Gasteiger partial charge in [0.25, 0.3) is 0 Å². The van der Waals surface area contributed by atoms with Crippen molar-refractivity contribution in [3.05, 3.63) is 26.4 Å². The van der Waals surface area contributed by atoms with Gasteiger partial charge in [0, 0.05) is 29.4 Å². The molecule has 0 aromatic carbocycles. The van der Waals surface area contributed by atoms with Crippen LogP contribution in [0.1, 0.15) is 26.7 Å². The van der Waals surface area contributed by atoms with E-state index < -0.39 is 0 Å². The predicted molar refractivity (Wildman–Crippen MR) is 84.0 cm³/mol. The minimum absolute atomic E-state index is 0.138. The van der Waals surface area contributed by atoms with E-state index in [9.17, 15) is 0 Å². The molecule has 2 aromatic rings. The molecule has 0 bridgehead atoms. The van der Waals surface area contributed by atoms with Gasteiger partial charge in [0.2, 0.25) is 0 Å². The summed E-state index contributed by atoms with van der Waals surface area (Å²) in [6.07, 6.45) is 2.63. The Bertz CT molecular complexity index is 513. The zero-order valence-corrected chi connectivity index (χ0v) is 13.8. The monoisotopic (exact) mass is 376 g/mol. The second kappa shape index (κ2) is 5.71. The smallest absolute Gasteiger partial charge is 0.196 e. The van der Waals surface area contributed by atoms with Crippen LogP contribution in [0.5, 0.6) is 0 Å². The van der Waals surface area contributed by atoms with E-state index in [1.54, 1.807) is 11.3 Å². The molecule has 3 nitrogen and oxygen atoms in total. The van der Waals surface area contributed by atoms with Crippen molar-refractivity contribution < 1.29 is 4.42 Å². The van der Waals surface area contributed by atoms with Crippen LogP contribution in [-0.4, -0.2) is 17.1 Å². The Morgan fingerprint density at radius 2 is 2.22 bits per heavy atom. The topological polar surface area (TPSA) is 38.1 Å². The fraction of sp³-hybridized carbons (Fsp3) is 0.462. The maximum atomic E-state index is 5.75. The van der Waals surface area contributed by atoms with Gasteiger partial charge in [-0.2, -0.15) is 0 Å². The largest absolute Gasteiger partial charge is 0.441 e. The number of hydrogen-bond acceptors (Lipinski definition) is 4. The summed E-state index contributed by atoms with van der Waals surface area (Å²) in [5.41, 5.74) is 1.26. The molecule has 1 N–H and O–H groups in total. The fourth-order valence-electron chi connectivity index (χ4n) is 1.54. The summed E-state index contributed by atoms with van der Waals surface area (Å²) >= 11 is 4.03. The molecule has 0 aliphatic carbocycles. The van der Waals surface area contributed by atoms with E-state index in [0.717, 1.165) is 30.2 Å². The van der Waals surface area contributed by atoms with Crippen LogP contribution >= 0.6 is 33.9 Å². The van der Waals surface area contributed by atoms with Gasteiger partial charge in [-0.1, -0.05) is 0 Å². The van der Waals surface area contributed by atoms with Crippen LogP contribution in [0.25, 0.3) is 11.3 Å². The SMILES string of the molecule is CC(C)(C)NCCc1ncc(-c2csc(I)c2)o1. The average molecular weight is 376 g/mol. The van der Waals surface area contributed by atoms with E-state index in [0.29, 0.717) is 0 Å². The van der Waals surface area contributed by atoms with Crippen molar-refractivity contribution >= 4 is 33.9 Å². The number of nitrogens with zero attached hydrogens (tertiary/aromatic N) is 1. The number of thiophene rings is 1. The van der Waals surface area contributed by atoms with Gasteiger partial charge < -0.3 is 9.73 Å². The van der Waals surface area contributed by atoms with E-state index in [1.807, 2.05) is 6.20 Å². The van der Waals surface area contributed by atoms with Crippen molar-refractivity contribution in [2.75, 3.05) is 6.54 Å². The summed E-state index contributed by atoms with van der Waals surface area (Å²) in [6, 6.07) is 2.11. The molecule has 0 spiro atoms. The molecule has 2 rings (SSSR count). The molecule has 98 valence electrons. The van der Waals surface area contributed by atoms with Crippen LogP contribution in [0.4, 0.5) is 0 Å². The third kappa shape index (κ3) is 4.07. The van der Waals surface area contributed by atoms with Crippen molar-refractivity contribution in [1.82, 2.24) is 10.3 Å². The molecule has 0 fully saturated rings. The molecule has 18 heavy (non-hydrogen) atoms. The Labute approximate surface area is 125 Å². The van der Waals surface area contributed by atoms with E-state index >= 15 is 0 Å². The summed E-state index contributed by atoms with van der Waals surface area (Å²) in [5.74, 6) is 1.66. The molecular weight excluding hydrogens is 359 g/mol. The van der Waals surface area contributed by atoms with Crippen LogP contribution in [0, 0.1) is 2.88 Å². The van der Waals surface area contributed by atoms with Crippen LogP contribution in [0.3, 0.4) is 0 Å². The molecule has 0 atom stereocenters. The van der Waals surface area contributed by atoms with Gasteiger partial charge in [-0.05, 0) is 49.4 Å². The lowest BCUT2D eigenvalue weighted by Crippen LogP contribution is -2.37. The van der Waals surface area contributed by atoms with Crippen molar-refractivity contribution in [3.63, 3.8) is 0 Å². The maximum absolute atomic E-state index is 5.75. The van der Waals surface area contributed by atoms with Gasteiger partial charge in [-0.25, -0.2) is 4.98 Å². The van der Waals surface area contributed by atoms with Crippen molar-refractivity contribution in [1.29, 1.82) is 0 Å². The quantitative estimate of drug-likeness (QED) is 0.822. The predicted octanol–water partition coefficient (Wildman–Crippen LogP) is 3.94. The van der Waals surface area contributed by atoms with E-state index in [4.69, 9.17) is 4.42 Å². The standard InChI is InChI=1S/C13H17IN2OS/c1-13(2,3)16-5-4-12-15-7-10(17-12)9-6-11(14)18-8-9/h6-8,16H,4-5H2,1-3H3. The Morgan fingerprint density at radius 1 is 1.44 bits per heavy atom. The lowest BCUT2D eigenvalue weighted by Gasteiger charge is -2.19. The minimum atomic E-state index is 0.138. The molecule has 0 unspecified atom stereocenters. The number of oxazole rings is 1. The van der Waals surface area contributed by atoms with Crippen molar-refractivity contribution in [2.45, 2.75) is 32.7 Å². The second-order valence-electron chi connectivity index (χ2n) is 5.18. The molecule has 0 saturated carbocycles. The summed E-state index contributed by atoms with van der Waals surface area (Å²) in [6.45, 7) is 7.34. The highest BCUT2D eigenvalue weighted by molar-refractivity contribution is 14.1. The zero-order valence-electron chi connectivity index (χ0n) is 10.8. The highest BCUT2D eigenvalue weighted by Crippen LogP contribution is 2.27. The number of aromatic nitrogens is 1. The summed E-state index contributed by atoms with van der Waals surface area (Å²) in [7, 11) is 0. The zero-order chi connectivity index (χ0) is 13.2. The molecule has 0 saturated heterocycles. The summed E-state index contributed by atoms with van der Waals surface area (Å²) in [4.78, 5) is 4.32. The Hall–Kier alpha value is -0.400. The minimum Gasteiger partial charge on any atom is -0.441 e. The van der Waals surface area contributed by atoms with Gasteiger partial charge in [-0.3, -0.25) is 0 Å². The van der Waals surface area contributed by atoms with Gasteiger partial charge in [0.05, 0.1) is 9.08 Å². The number of halogens is 1. The number of rotatable bonds is 4. The molecule has 2 heterocycles. The Balaban J connectivity index is 1.94. The van der Waals surface area contributed by atoms with Gasteiger partial charge in [0.15, 0.2) is 11.7 Å². The third-order valence-corrected chi connectivity index (χ3v) is 4.19. The fourth-order valence-corrected chi connectivity index (χ4v) is 2.88. The normalized spacial score (nSPS) is 12.0. The average Bonchev–Trinajstić information content (AvgIpc) is 2.85. The second-order valence-corrected chi connectivity index (χ2v) is 7.99. The van der Waals surface area contributed by atoms with Crippen LogP contribution in [0.2, 0.25) is 0 Å². The highest BCUT2D eigenvalue weighted by Gasteiger charge is 2.11. The lowest BCUT2D eigenvalue weighted by molar-refractivity contribution is 0.412. The van der Waals surface area contributed by atoms with Crippen LogP contribution < -0.4 is 5.32 Å². The van der Waals surface area contributed by atoms with Gasteiger partial charge in [-0.15, -0.1) is 11.3 Å². The first-order valence-electron chi connectivity index (χ1n) is 5.88. The molecule has 0 aliphatic rings. The Morgan fingerprint density at radius 3 is 2.83 bits per heavy atom. The van der Waals surface area contributed by atoms with E-state index in [-0.39, 0.29) is 5.54 Å². The lowest BCUT2D eigenvalue weighted by atomic mass is 10.1. The van der Waals surface area contributed by atoms with Crippen LogP contribution in [-0.2, 0) is 6.42 Å². The highest BCUT2D eigenvalue weighted by atomic mass is 127. The molecular formula is C13H17IN2OS. The first-order chi connectivity index (χ1) is 8.44. The summed E-state index contributed by atoms with van der Waals surface area (Å²) in [5, 5.41) is 5.52. The van der Waals surface area contributed by atoms with Gasteiger partial charge in [0.1, 0.15) is 0 Å². The molecule has 0 radical (unpaired) electrons. The third-order valence-electron chi connectivity index (χ3n) is 2.40. The van der Waals surface area contributed by atoms with Crippen molar-refractivity contribution in [3.8, 4) is 11.3 Å². The number of nitrogens with one attached hydrogen (secondary N) is 1.